The van der Waals surface area contributed by atoms with Crippen LogP contribution in [-0.2, 0) is 6.42 Å². The van der Waals surface area contributed by atoms with Gasteiger partial charge in [0, 0.05) is 23.8 Å². The van der Waals surface area contributed by atoms with Crippen LogP contribution in [0.1, 0.15) is 38.6 Å². The van der Waals surface area contributed by atoms with Gasteiger partial charge in [0.15, 0.2) is 0 Å². The lowest BCUT2D eigenvalue weighted by Gasteiger charge is -2.22. The van der Waals surface area contributed by atoms with Gasteiger partial charge in [0.25, 0.3) is 0 Å². The summed E-state index contributed by atoms with van der Waals surface area (Å²) in [7, 11) is 2.06. The van der Waals surface area contributed by atoms with Gasteiger partial charge in [0.2, 0.25) is 0 Å². The standard InChI is InChI=1S/C12H22N4S/c1-9(2)16-12(14-8-15-16)7-10(13-3)11-5-4-6-17-11/h8-11,13H,4-7H2,1-3H3. The first-order valence-electron chi connectivity index (χ1n) is 6.39. The first-order chi connectivity index (χ1) is 8.22. The van der Waals surface area contributed by atoms with E-state index in [1.807, 2.05) is 4.68 Å². The third-order valence-electron chi connectivity index (χ3n) is 3.32. The molecule has 2 atom stereocenters. The topological polar surface area (TPSA) is 42.7 Å². The molecule has 1 N–H and O–H groups in total. The van der Waals surface area contributed by atoms with Crippen LogP contribution < -0.4 is 5.32 Å². The number of likely N-dealkylation sites (N-methyl/N-ethyl adjacent to an activating group) is 1. The van der Waals surface area contributed by atoms with Crippen molar-refractivity contribution in [2.24, 2.45) is 0 Å². The van der Waals surface area contributed by atoms with E-state index >= 15 is 0 Å². The van der Waals surface area contributed by atoms with Crippen molar-refractivity contribution in [3.8, 4) is 0 Å². The molecule has 1 fully saturated rings. The minimum absolute atomic E-state index is 0.390. The number of aromatic nitrogens is 3. The first kappa shape index (κ1) is 12.9. The van der Waals surface area contributed by atoms with Crippen molar-refractivity contribution in [2.75, 3.05) is 12.8 Å². The maximum absolute atomic E-state index is 4.40. The smallest absolute Gasteiger partial charge is 0.138 e. The molecule has 1 aliphatic heterocycles. The van der Waals surface area contributed by atoms with Gasteiger partial charge in [-0.3, -0.25) is 0 Å². The van der Waals surface area contributed by atoms with Crippen molar-refractivity contribution < 1.29 is 0 Å². The summed E-state index contributed by atoms with van der Waals surface area (Å²) in [5, 5.41) is 8.48. The Hall–Kier alpha value is -0.550. The SMILES string of the molecule is CNC(Cc1ncnn1C(C)C)C1CCCS1. The Labute approximate surface area is 108 Å². The van der Waals surface area contributed by atoms with Crippen molar-refractivity contribution in [3.05, 3.63) is 12.2 Å². The maximum atomic E-state index is 4.40. The summed E-state index contributed by atoms with van der Waals surface area (Å²) < 4.78 is 2.03. The largest absolute Gasteiger partial charge is 0.315 e. The molecule has 0 saturated carbocycles. The van der Waals surface area contributed by atoms with Crippen LogP contribution in [-0.4, -0.2) is 38.9 Å². The Morgan fingerprint density at radius 2 is 2.41 bits per heavy atom. The molecule has 0 spiro atoms. The van der Waals surface area contributed by atoms with Crippen molar-refractivity contribution in [1.29, 1.82) is 0 Å². The lowest BCUT2D eigenvalue weighted by atomic mass is 10.1. The van der Waals surface area contributed by atoms with Crippen LogP contribution in [0.2, 0.25) is 0 Å². The van der Waals surface area contributed by atoms with Crippen molar-refractivity contribution in [3.63, 3.8) is 0 Å². The van der Waals surface area contributed by atoms with Gasteiger partial charge in [0.05, 0.1) is 0 Å². The molecule has 0 amide bonds. The van der Waals surface area contributed by atoms with Crippen molar-refractivity contribution in [2.45, 2.75) is 50.4 Å². The van der Waals surface area contributed by atoms with E-state index in [2.05, 4.69) is 48.1 Å². The maximum Gasteiger partial charge on any atom is 0.138 e. The van der Waals surface area contributed by atoms with Crippen LogP contribution >= 0.6 is 11.8 Å². The minimum Gasteiger partial charge on any atom is -0.315 e. The number of hydrogen-bond donors (Lipinski definition) is 1. The van der Waals surface area contributed by atoms with Crippen LogP contribution in [0.4, 0.5) is 0 Å². The molecule has 5 heteroatoms. The average molecular weight is 254 g/mol. The van der Waals surface area contributed by atoms with E-state index in [-0.39, 0.29) is 0 Å². The molecule has 1 saturated heterocycles. The summed E-state index contributed by atoms with van der Waals surface area (Å²) in [6.45, 7) is 4.30. The highest BCUT2D eigenvalue weighted by atomic mass is 32.2. The van der Waals surface area contributed by atoms with Crippen LogP contribution in [0.3, 0.4) is 0 Å². The van der Waals surface area contributed by atoms with E-state index < -0.39 is 0 Å². The molecular formula is C12H22N4S. The predicted octanol–water partition coefficient (Wildman–Crippen LogP) is 1.89. The van der Waals surface area contributed by atoms with Gasteiger partial charge < -0.3 is 5.32 Å². The zero-order valence-electron chi connectivity index (χ0n) is 10.9. The molecule has 1 aliphatic rings. The Kier molecular flexibility index (Phi) is 4.45. The second kappa shape index (κ2) is 5.87. The van der Waals surface area contributed by atoms with E-state index in [4.69, 9.17) is 0 Å². The van der Waals surface area contributed by atoms with Gasteiger partial charge in [0.1, 0.15) is 12.2 Å². The molecule has 2 heterocycles. The van der Waals surface area contributed by atoms with E-state index in [9.17, 15) is 0 Å². The number of thioether (sulfide) groups is 1. The van der Waals surface area contributed by atoms with Crippen LogP contribution in [0.5, 0.6) is 0 Å². The summed E-state index contributed by atoms with van der Waals surface area (Å²) in [4.78, 5) is 4.40. The van der Waals surface area contributed by atoms with Gasteiger partial charge >= 0.3 is 0 Å². The highest BCUT2D eigenvalue weighted by molar-refractivity contribution is 8.00. The third kappa shape index (κ3) is 3.01. The zero-order valence-corrected chi connectivity index (χ0v) is 11.7. The van der Waals surface area contributed by atoms with Crippen LogP contribution in [0.25, 0.3) is 0 Å². The lowest BCUT2D eigenvalue weighted by molar-refractivity contribution is 0.460. The fourth-order valence-corrected chi connectivity index (χ4v) is 3.82. The summed E-state index contributed by atoms with van der Waals surface area (Å²) in [6, 6.07) is 0.908. The fraction of sp³-hybridized carbons (Fsp3) is 0.833. The molecule has 2 rings (SSSR count). The van der Waals surface area contributed by atoms with Gasteiger partial charge in [-0.2, -0.15) is 16.9 Å². The molecule has 0 radical (unpaired) electrons. The van der Waals surface area contributed by atoms with E-state index in [0.29, 0.717) is 12.1 Å². The van der Waals surface area contributed by atoms with Gasteiger partial charge in [-0.05, 0) is 39.5 Å². The molecule has 1 aromatic rings. The Morgan fingerprint density at radius 1 is 1.59 bits per heavy atom. The summed E-state index contributed by atoms with van der Waals surface area (Å²) in [5.74, 6) is 2.41. The number of nitrogens with zero attached hydrogens (tertiary/aromatic N) is 3. The Morgan fingerprint density at radius 3 is 3.00 bits per heavy atom. The molecule has 1 aromatic heterocycles. The van der Waals surface area contributed by atoms with Gasteiger partial charge in [-0.1, -0.05) is 0 Å². The van der Waals surface area contributed by atoms with Gasteiger partial charge in [-0.25, -0.2) is 9.67 Å². The normalized spacial score (nSPS) is 22.2. The highest BCUT2D eigenvalue weighted by Gasteiger charge is 2.26. The number of nitrogens with one attached hydrogen (secondary N) is 1. The third-order valence-corrected chi connectivity index (χ3v) is 4.84. The van der Waals surface area contributed by atoms with Crippen LogP contribution in [0, 0.1) is 0 Å². The molecule has 2 unspecified atom stereocenters. The Balaban J connectivity index is 2.04. The van der Waals surface area contributed by atoms with Crippen molar-refractivity contribution in [1.82, 2.24) is 20.1 Å². The highest BCUT2D eigenvalue weighted by Crippen LogP contribution is 2.29. The summed E-state index contributed by atoms with van der Waals surface area (Å²) in [5.41, 5.74) is 0. The first-order valence-corrected chi connectivity index (χ1v) is 7.44. The summed E-state index contributed by atoms with van der Waals surface area (Å²) in [6.07, 6.45) is 5.33. The Bertz CT molecular complexity index is 344. The molecule has 17 heavy (non-hydrogen) atoms. The quantitative estimate of drug-likeness (QED) is 0.871. The molecule has 0 aliphatic carbocycles. The second-order valence-corrected chi connectivity index (χ2v) is 6.21. The van der Waals surface area contributed by atoms with E-state index in [1.165, 1.54) is 18.6 Å². The van der Waals surface area contributed by atoms with Crippen LogP contribution in [0.15, 0.2) is 6.33 Å². The molecule has 0 aromatic carbocycles. The monoisotopic (exact) mass is 254 g/mol. The number of rotatable bonds is 5. The minimum atomic E-state index is 0.390. The second-order valence-electron chi connectivity index (χ2n) is 4.87. The predicted molar refractivity (Wildman–Crippen MR) is 72.4 cm³/mol. The molecular weight excluding hydrogens is 232 g/mol. The molecule has 96 valence electrons. The van der Waals surface area contributed by atoms with E-state index in [0.717, 1.165) is 17.5 Å². The average Bonchev–Trinajstić information content (AvgIpc) is 2.96. The zero-order chi connectivity index (χ0) is 12.3. The fourth-order valence-electron chi connectivity index (χ4n) is 2.39. The number of hydrogen-bond acceptors (Lipinski definition) is 4. The van der Waals surface area contributed by atoms with Gasteiger partial charge in [-0.15, -0.1) is 0 Å². The lowest BCUT2D eigenvalue weighted by Crippen LogP contribution is -2.37. The van der Waals surface area contributed by atoms with Crippen molar-refractivity contribution >= 4 is 11.8 Å². The molecule has 4 nitrogen and oxygen atoms in total. The molecule has 0 bridgehead atoms. The van der Waals surface area contributed by atoms with E-state index in [1.54, 1.807) is 6.33 Å². The summed E-state index contributed by atoms with van der Waals surface area (Å²) >= 11 is 2.09.